The van der Waals surface area contributed by atoms with Gasteiger partial charge in [0, 0.05) is 26.2 Å². The van der Waals surface area contributed by atoms with Crippen LogP contribution in [0.3, 0.4) is 0 Å². The predicted octanol–water partition coefficient (Wildman–Crippen LogP) is 1.50. The second kappa shape index (κ2) is 8.21. The zero-order chi connectivity index (χ0) is 11.0. The summed E-state index contributed by atoms with van der Waals surface area (Å²) in [5.41, 5.74) is 0. The monoisotopic (exact) mass is 203 g/mol. The molecule has 0 radical (unpaired) electrons. The fourth-order valence-corrected chi connectivity index (χ4v) is 1.76. The van der Waals surface area contributed by atoms with Crippen molar-refractivity contribution in [3.8, 4) is 0 Å². The third-order valence-electron chi connectivity index (χ3n) is 2.74. The Bertz CT molecular complexity index is 126. The lowest BCUT2D eigenvalue weighted by atomic mass is 10.1. The van der Waals surface area contributed by atoms with Gasteiger partial charge in [-0.25, -0.2) is 0 Å². The number of hydrogen-bond donors (Lipinski definition) is 1. The molecular weight excluding hydrogens is 178 g/mol. The molecule has 3 heteroatoms. The molecule has 0 aromatic heterocycles. The van der Waals surface area contributed by atoms with E-state index in [0.29, 0.717) is 6.04 Å². The Balaban J connectivity index is 4.10. The SMILES string of the molecule is CCC(CC)N(CCO)CC(C)OC. The van der Waals surface area contributed by atoms with Crippen molar-refractivity contribution >= 4 is 0 Å². The summed E-state index contributed by atoms with van der Waals surface area (Å²) in [5.74, 6) is 0. The number of methoxy groups -OCH3 is 1. The lowest BCUT2D eigenvalue weighted by molar-refractivity contribution is 0.0490. The summed E-state index contributed by atoms with van der Waals surface area (Å²) in [5, 5.41) is 8.98. The maximum absolute atomic E-state index is 8.98. The average molecular weight is 203 g/mol. The lowest BCUT2D eigenvalue weighted by Crippen LogP contribution is -2.41. The zero-order valence-corrected chi connectivity index (χ0v) is 9.99. The fraction of sp³-hybridized carbons (Fsp3) is 1.00. The summed E-state index contributed by atoms with van der Waals surface area (Å²) >= 11 is 0. The number of nitrogens with zero attached hydrogens (tertiary/aromatic N) is 1. The average Bonchev–Trinajstić information content (AvgIpc) is 2.19. The van der Waals surface area contributed by atoms with Gasteiger partial charge >= 0.3 is 0 Å². The summed E-state index contributed by atoms with van der Waals surface area (Å²) in [6, 6.07) is 0.569. The maximum atomic E-state index is 8.98. The Kier molecular flexibility index (Phi) is 8.14. The van der Waals surface area contributed by atoms with Crippen LogP contribution in [0.1, 0.15) is 33.6 Å². The molecule has 0 aromatic rings. The molecule has 0 aliphatic carbocycles. The highest BCUT2D eigenvalue weighted by Gasteiger charge is 2.16. The molecule has 0 spiro atoms. The molecule has 1 atom stereocenters. The second-order valence-electron chi connectivity index (χ2n) is 3.74. The van der Waals surface area contributed by atoms with E-state index in [9.17, 15) is 0 Å². The van der Waals surface area contributed by atoms with Gasteiger partial charge in [0.25, 0.3) is 0 Å². The van der Waals surface area contributed by atoms with E-state index in [4.69, 9.17) is 9.84 Å². The first-order valence-corrected chi connectivity index (χ1v) is 5.57. The van der Waals surface area contributed by atoms with Crippen molar-refractivity contribution < 1.29 is 9.84 Å². The van der Waals surface area contributed by atoms with E-state index >= 15 is 0 Å². The van der Waals surface area contributed by atoms with Crippen molar-refractivity contribution in [2.75, 3.05) is 26.8 Å². The molecule has 0 aliphatic heterocycles. The Morgan fingerprint density at radius 2 is 1.86 bits per heavy atom. The smallest absolute Gasteiger partial charge is 0.0670 e. The first-order valence-electron chi connectivity index (χ1n) is 5.57. The van der Waals surface area contributed by atoms with Crippen molar-refractivity contribution in [1.29, 1.82) is 0 Å². The summed E-state index contributed by atoms with van der Waals surface area (Å²) in [4.78, 5) is 2.31. The van der Waals surface area contributed by atoms with Gasteiger partial charge in [-0.1, -0.05) is 13.8 Å². The third-order valence-corrected chi connectivity index (χ3v) is 2.74. The number of rotatable bonds is 8. The molecule has 0 rings (SSSR count). The first kappa shape index (κ1) is 13.9. The molecule has 3 nitrogen and oxygen atoms in total. The van der Waals surface area contributed by atoms with Crippen LogP contribution < -0.4 is 0 Å². The van der Waals surface area contributed by atoms with Crippen LogP contribution >= 0.6 is 0 Å². The van der Waals surface area contributed by atoms with Crippen LogP contribution in [0.15, 0.2) is 0 Å². The molecule has 1 N–H and O–H groups in total. The van der Waals surface area contributed by atoms with Gasteiger partial charge in [-0.05, 0) is 19.8 Å². The maximum Gasteiger partial charge on any atom is 0.0670 e. The predicted molar refractivity (Wildman–Crippen MR) is 59.5 cm³/mol. The van der Waals surface area contributed by atoms with Gasteiger partial charge in [0.1, 0.15) is 0 Å². The van der Waals surface area contributed by atoms with Crippen LogP contribution in [0.4, 0.5) is 0 Å². The minimum Gasteiger partial charge on any atom is -0.395 e. The quantitative estimate of drug-likeness (QED) is 0.649. The van der Waals surface area contributed by atoms with E-state index in [1.54, 1.807) is 7.11 Å². The third kappa shape index (κ3) is 4.94. The van der Waals surface area contributed by atoms with Gasteiger partial charge in [-0.3, -0.25) is 4.90 Å². The summed E-state index contributed by atoms with van der Waals surface area (Å²) in [6.07, 6.45) is 2.50. The highest BCUT2D eigenvalue weighted by Crippen LogP contribution is 2.09. The van der Waals surface area contributed by atoms with Crippen molar-refractivity contribution in [3.05, 3.63) is 0 Å². The van der Waals surface area contributed by atoms with Crippen LogP contribution in [0.5, 0.6) is 0 Å². The van der Waals surface area contributed by atoms with E-state index < -0.39 is 0 Å². The Morgan fingerprint density at radius 1 is 1.29 bits per heavy atom. The van der Waals surface area contributed by atoms with Gasteiger partial charge in [0.05, 0.1) is 12.7 Å². The van der Waals surface area contributed by atoms with Gasteiger partial charge < -0.3 is 9.84 Å². The Hall–Kier alpha value is -0.120. The van der Waals surface area contributed by atoms with E-state index in [1.807, 2.05) is 0 Å². The summed E-state index contributed by atoms with van der Waals surface area (Å²) in [6.45, 7) is 8.33. The molecular formula is C11H25NO2. The first-order chi connectivity index (χ1) is 6.69. The van der Waals surface area contributed by atoms with E-state index in [0.717, 1.165) is 25.9 Å². The molecule has 0 aromatic carbocycles. The van der Waals surface area contributed by atoms with Gasteiger partial charge in [-0.15, -0.1) is 0 Å². The summed E-state index contributed by atoms with van der Waals surface area (Å²) < 4.78 is 5.24. The fourth-order valence-electron chi connectivity index (χ4n) is 1.76. The minimum absolute atomic E-state index is 0.229. The van der Waals surface area contributed by atoms with Crippen LogP contribution in [0.2, 0.25) is 0 Å². The van der Waals surface area contributed by atoms with Gasteiger partial charge in [0.2, 0.25) is 0 Å². The largest absolute Gasteiger partial charge is 0.395 e. The standard InChI is InChI=1S/C11H25NO2/c1-5-11(6-2)12(7-8-13)9-10(3)14-4/h10-11,13H,5-9H2,1-4H3. The number of ether oxygens (including phenoxy) is 1. The van der Waals surface area contributed by atoms with E-state index in [-0.39, 0.29) is 12.7 Å². The van der Waals surface area contributed by atoms with Gasteiger partial charge in [-0.2, -0.15) is 0 Å². The normalized spacial score (nSPS) is 13.9. The van der Waals surface area contributed by atoms with E-state index in [2.05, 4.69) is 25.7 Å². The van der Waals surface area contributed by atoms with Crippen molar-refractivity contribution in [1.82, 2.24) is 4.90 Å². The highest BCUT2D eigenvalue weighted by molar-refractivity contribution is 4.71. The number of aliphatic hydroxyl groups excluding tert-OH is 1. The van der Waals surface area contributed by atoms with Gasteiger partial charge in [0.15, 0.2) is 0 Å². The minimum atomic E-state index is 0.229. The Morgan fingerprint density at radius 3 is 2.21 bits per heavy atom. The number of hydrogen-bond acceptors (Lipinski definition) is 3. The van der Waals surface area contributed by atoms with Crippen molar-refractivity contribution in [2.45, 2.75) is 45.8 Å². The number of aliphatic hydroxyl groups is 1. The molecule has 0 bridgehead atoms. The molecule has 0 saturated carbocycles. The molecule has 0 amide bonds. The summed E-state index contributed by atoms with van der Waals surface area (Å²) in [7, 11) is 1.73. The topological polar surface area (TPSA) is 32.7 Å². The van der Waals surface area contributed by atoms with Crippen LogP contribution in [0.25, 0.3) is 0 Å². The van der Waals surface area contributed by atoms with E-state index in [1.165, 1.54) is 0 Å². The molecule has 86 valence electrons. The molecule has 14 heavy (non-hydrogen) atoms. The van der Waals surface area contributed by atoms with Crippen LogP contribution in [-0.4, -0.2) is 49.0 Å². The Labute approximate surface area is 88.1 Å². The van der Waals surface area contributed by atoms with Crippen LogP contribution in [0, 0.1) is 0 Å². The molecule has 0 fully saturated rings. The zero-order valence-electron chi connectivity index (χ0n) is 9.99. The van der Waals surface area contributed by atoms with Crippen molar-refractivity contribution in [3.63, 3.8) is 0 Å². The highest BCUT2D eigenvalue weighted by atomic mass is 16.5. The molecule has 0 saturated heterocycles. The molecule has 0 heterocycles. The van der Waals surface area contributed by atoms with Crippen LogP contribution in [-0.2, 0) is 4.74 Å². The second-order valence-corrected chi connectivity index (χ2v) is 3.74. The lowest BCUT2D eigenvalue weighted by Gasteiger charge is -2.31. The molecule has 1 unspecified atom stereocenters. The van der Waals surface area contributed by atoms with Crippen molar-refractivity contribution in [2.24, 2.45) is 0 Å². The molecule has 0 aliphatic rings.